The molecule has 0 aliphatic heterocycles. The normalized spacial score (nSPS) is 11.4. The van der Waals surface area contributed by atoms with Crippen LogP contribution in [0.2, 0.25) is 0 Å². The van der Waals surface area contributed by atoms with Gasteiger partial charge in [0.05, 0.1) is 11.5 Å². The Morgan fingerprint density at radius 2 is 1.86 bits per heavy atom. The molecule has 2 aromatic carbocycles. The van der Waals surface area contributed by atoms with Crippen LogP contribution in [0.5, 0.6) is 5.75 Å². The summed E-state index contributed by atoms with van der Waals surface area (Å²) in [4.78, 5) is 10.3. The predicted molar refractivity (Wildman–Crippen MR) is 112 cm³/mol. The molecule has 0 N–H and O–H groups in total. The molecule has 0 amide bonds. The number of nitro groups is 1. The minimum atomic E-state index is -0.468. The van der Waals surface area contributed by atoms with Crippen molar-refractivity contribution in [2.45, 2.75) is 26.2 Å². The van der Waals surface area contributed by atoms with E-state index in [0.29, 0.717) is 17.2 Å². The van der Waals surface area contributed by atoms with Crippen molar-refractivity contribution in [3.63, 3.8) is 0 Å². The van der Waals surface area contributed by atoms with Gasteiger partial charge in [-0.05, 0) is 42.3 Å². The standard InChI is InChI=1S/C21H20ClN3O4/c1-2-3-4-13-28-18-11-5-15(6-12-18)14-19(22)21-24-23-20(29-21)16-7-9-17(10-8-16)25(26)27/h5-12,14H,2-4,13H2,1H3/b19-14-. The van der Waals surface area contributed by atoms with Gasteiger partial charge >= 0.3 is 0 Å². The van der Waals surface area contributed by atoms with Gasteiger partial charge in [0.25, 0.3) is 11.6 Å². The van der Waals surface area contributed by atoms with Crippen molar-refractivity contribution in [1.29, 1.82) is 0 Å². The number of hydrogen-bond acceptors (Lipinski definition) is 6. The summed E-state index contributed by atoms with van der Waals surface area (Å²) >= 11 is 6.31. The Hall–Kier alpha value is -3.19. The van der Waals surface area contributed by atoms with E-state index in [4.69, 9.17) is 20.8 Å². The van der Waals surface area contributed by atoms with Crippen molar-refractivity contribution in [2.24, 2.45) is 0 Å². The molecule has 0 saturated heterocycles. The first-order chi connectivity index (χ1) is 14.1. The minimum absolute atomic E-state index is 0.00999. The summed E-state index contributed by atoms with van der Waals surface area (Å²) < 4.78 is 11.3. The van der Waals surface area contributed by atoms with Crippen molar-refractivity contribution < 1.29 is 14.1 Å². The molecule has 150 valence electrons. The molecule has 1 aromatic heterocycles. The lowest BCUT2D eigenvalue weighted by molar-refractivity contribution is -0.384. The van der Waals surface area contributed by atoms with Crippen molar-refractivity contribution in [3.05, 3.63) is 70.1 Å². The van der Waals surface area contributed by atoms with E-state index in [9.17, 15) is 10.1 Å². The number of benzene rings is 2. The van der Waals surface area contributed by atoms with Crippen LogP contribution in [0, 0.1) is 10.1 Å². The molecule has 1 heterocycles. The number of non-ortho nitro benzene ring substituents is 1. The van der Waals surface area contributed by atoms with Crippen LogP contribution in [0.1, 0.15) is 37.6 Å². The highest BCUT2D eigenvalue weighted by atomic mass is 35.5. The second-order valence-electron chi connectivity index (χ2n) is 6.33. The van der Waals surface area contributed by atoms with E-state index in [1.54, 1.807) is 18.2 Å². The second kappa shape index (κ2) is 9.84. The summed E-state index contributed by atoms with van der Waals surface area (Å²) in [6.45, 7) is 2.86. The van der Waals surface area contributed by atoms with Gasteiger partial charge in [-0.2, -0.15) is 0 Å². The molecule has 29 heavy (non-hydrogen) atoms. The Morgan fingerprint density at radius 1 is 1.14 bits per heavy atom. The third kappa shape index (κ3) is 5.65. The van der Waals surface area contributed by atoms with Crippen molar-refractivity contribution in [2.75, 3.05) is 6.61 Å². The fourth-order valence-corrected chi connectivity index (χ4v) is 2.77. The van der Waals surface area contributed by atoms with Gasteiger partial charge in [-0.15, -0.1) is 10.2 Å². The number of ether oxygens (including phenoxy) is 1. The molecule has 0 aliphatic rings. The first kappa shape index (κ1) is 20.5. The Kier molecular flexibility index (Phi) is 6.97. The molecule has 0 radical (unpaired) electrons. The summed E-state index contributed by atoms with van der Waals surface area (Å²) in [6, 6.07) is 13.4. The molecule has 7 nitrogen and oxygen atoms in total. The van der Waals surface area contributed by atoms with Crippen LogP contribution in [0.4, 0.5) is 5.69 Å². The van der Waals surface area contributed by atoms with Gasteiger partial charge in [-0.25, -0.2) is 0 Å². The van der Waals surface area contributed by atoms with Gasteiger partial charge < -0.3 is 9.15 Å². The van der Waals surface area contributed by atoms with E-state index in [1.165, 1.54) is 12.1 Å². The van der Waals surface area contributed by atoms with Crippen molar-refractivity contribution in [1.82, 2.24) is 10.2 Å². The maximum Gasteiger partial charge on any atom is 0.269 e. The summed E-state index contributed by atoms with van der Waals surface area (Å²) in [5.74, 6) is 1.21. The summed E-state index contributed by atoms with van der Waals surface area (Å²) in [7, 11) is 0. The Bertz CT molecular complexity index is 982. The van der Waals surface area contributed by atoms with Gasteiger partial charge in [-0.1, -0.05) is 43.5 Å². The molecule has 0 bridgehead atoms. The summed E-state index contributed by atoms with van der Waals surface area (Å²) in [5, 5.41) is 18.9. The van der Waals surface area contributed by atoms with Crippen molar-refractivity contribution in [3.8, 4) is 17.2 Å². The average molecular weight is 414 g/mol. The SMILES string of the molecule is CCCCCOc1ccc(/C=C(\Cl)c2nnc(-c3ccc([N+](=O)[O-])cc3)o2)cc1. The molecular formula is C21H20ClN3O4. The highest BCUT2D eigenvalue weighted by Gasteiger charge is 2.13. The lowest BCUT2D eigenvalue weighted by Gasteiger charge is -2.05. The zero-order chi connectivity index (χ0) is 20.6. The van der Waals surface area contributed by atoms with Crippen LogP contribution >= 0.6 is 11.6 Å². The number of unbranched alkanes of at least 4 members (excludes halogenated alkanes) is 2. The van der Waals surface area contributed by atoms with Gasteiger partial charge in [0, 0.05) is 17.7 Å². The predicted octanol–water partition coefficient (Wildman–Crippen LogP) is 5.95. The van der Waals surface area contributed by atoms with E-state index in [1.807, 2.05) is 24.3 Å². The summed E-state index contributed by atoms with van der Waals surface area (Å²) in [5.41, 5.74) is 1.43. The average Bonchev–Trinajstić information content (AvgIpc) is 3.23. The lowest BCUT2D eigenvalue weighted by atomic mass is 10.2. The molecule has 0 saturated carbocycles. The molecule has 0 atom stereocenters. The van der Waals surface area contributed by atoms with E-state index in [0.717, 1.165) is 30.6 Å². The van der Waals surface area contributed by atoms with Crippen LogP contribution in [-0.2, 0) is 0 Å². The molecule has 0 unspecified atom stereocenters. The molecular weight excluding hydrogens is 394 g/mol. The molecule has 0 spiro atoms. The topological polar surface area (TPSA) is 91.3 Å². The first-order valence-electron chi connectivity index (χ1n) is 9.25. The zero-order valence-electron chi connectivity index (χ0n) is 15.9. The van der Waals surface area contributed by atoms with Gasteiger partial charge in [0.15, 0.2) is 0 Å². The van der Waals surface area contributed by atoms with E-state index >= 15 is 0 Å². The maximum atomic E-state index is 10.7. The number of nitro benzene ring substituents is 1. The van der Waals surface area contributed by atoms with E-state index in [2.05, 4.69) is 17.1 Å². The number of hydrogen-bond donors (Lipinski definition) is 0. The Morgan fingerprint density at radius 3 is 2.52 bits per heavy atom. The monoisotopic (exact) mass is 413 g/mol. The highest BCUT2D eigenvalue weighted by molar-refractivity contribution is 6.50. The number of rotatable bonds is 9. The van der Waals surface area contributed by atoms with Gasteiger partial charge in [-0.3, -0.25) is 10.1 Å². The van der Waals surface area contributed by atoms with Crippen LogP contribution in [0.25, 0.3) is 22.6 Å². The molecule has 0 aliphatic carbocycles. The highest BCUT2D eigenvalue weighted by Crippen LogP contribution is 2.27. The molecule has 0 fully saturated rings. The third-order valence-corrected chi connectivity index (χ3v) is 4.42. The molecule has 3 rings (SSSR count). The van der Waals surface area contributed by atoms with Crippen LogP contribution in [0.15, 0.2) is 52.9 Å². The van der Waals surface area contributed by atoms with Crippen LogP contribution in [0.3, 0.4) is 0 Å². The molecule has 8 heteroatoms. The minimum Gasteiger partial charge on any atom is -0.494 e. The fourth-order valence-electron chi connectivity index (χ4n) is 2.57. The van der Waals surface area contributed by atoms with Crippen LogP contribution in [-0.4, -0.2) is 21.7 Å². The second-order valence-corrected chi connectivity index (χ2v) is 6.74. The van der Waals surface area contributed by atoms with Crippen molar-refractivity contribution >= 4 is 28.4 Å². The quantitative estimate of drug-likeness (QED) is 0.244. The number of aromatic nitrogens is 2. The first-order valence-corrected chi connectivity index (χ1v) is 9.63. The van der Waals surface area contributed by atoms with E-state index < -0.39 is 4.92 Å². The third-order valence-electron chi connectivity index (χ3n) is 4.14. The molecule has 3 aromatic rings. The summed E-state index contributed by atoms with van der Waals surface area (Å²) in [6.07, 6.45) is 5.07. The number of nitrogens with zero attached hydrogens (tertiary/aromatic N) is 3. The van der Waals surface area contributed by atoms with Crippen LogP contribution < -0.4 is 4.74 Å². The fraction of sp³-hybridized carbons (Fsp3) is 0.238. The van der Waals surface area contributed by atoms with Gasteiger partial charge in [0.2, 0.25) is 5.89 Å². The Balaban J connectivity index is 1.66. The zero-order valence-corrected chi connectivity index (χ0v) is 16.6. The lowest BCUT2D eigenvalue weighted by Crippen LogP contribution is -1.96. The smallest absolute Gasteiger partial charge is 0.269 e. The van der Waals surface area contributed by atoms with E-state index in [-0.39, 0.29) is 17.5 Å². The number of halogens is 1. The largest absolute Gasteiger partial charge is 0.494 e. The Labute approximate surface area is 173 Å². The van der Waals surface area contributed by atoms with Gasteiger partial charge in [0.1, 0.15) is 10.8 Å². The maximum absolute atomic E-state index is 10.7.